The Morgan fingerprint density at radius 1 is 1.44 bits per heavy atom. The second-order valence-electron chi connectivity index (χ2n) is 3.46. The number of hydrogen-bond acceptors (Lipinski definition) is 2. The van der Waals surface area contributed by atoms with Gasteiger partial charge in [0.2, 0.25) is 0 Å². The second kappa shape index (κ2) is 5.66. The van der Waals surface area contributed by atoms with Crippen molar-refractivity contribution >= 4 is 50.5 Å². The van der Waals surface area contributed by atoms with E-state index in [-0.39, 0.29) is 11.1 Å². The molecule has 0 bridgehead atoms. The standard InChI is InChI=1S/C13H6BrClFNS/c14-9-4-11(18-7-9)3-8(6-17)12-2-1-10(15)5-13(12)16/h1-5,7H/b8-3+. The van der Waals surface area contributed by atoms with E-state index in [1.807, 2.05) is 17.5 Å². The number of rotatable bonds is 2. The first-order chi connectivity index (χ1) is 8.60. The van der Waals surface area contributed by atoms with Crippen molar-refractivity contribution < 1.29 is 4.39 Å². The van der Waals surface area contributed by atoms with Gasteiger partial charge in [0, 0.05) is 25.3 Å². The van der Waals surface area contributed by atoms with Crippen LogP contribution < -0.4 is 0 Å². The third-order valence-corrected chi connectivity index (χ3v) is 4.09. The fourth-order valence-corrected chi connectivity index (χ4v) is 2.96. The molecule has 0 fully saturated rings. The van der Waals surface area contributed by atoms with E-state index < -0.39 is 5.82 Å². The van der Waals surface area contributed by atoms with Crippen LogP contribution in [0.2, 0.25) is 5.02 Å². The van der Waals surface area contributed by atoms with Gasteiger partial charge in [-0.05, 0) is 46.3 Å². The number of nitrogens with zero attached hydrogens (tertiary/aromatic N) is 1. The minimum atomic E-state index is -0.495. The van der Waals surface area contributed by atoms with Crippen molar-refractivity contribution in [3.63, 3.8) is 0 Å². The average Bonchev–Trinajstić information content (AvgIpc) is 2.72. The van der Waals surface area contributed by atoms with E-state index in [0.29, 0.717) is 5.02 Å². The quantitative estimate of drug-likeness (QED) is 0.673. The molecule has 1 nitrogen and oxygen atoms in total. The van der Waals surface area contributed by atoms with E-state index >= 15 is 0 Å². The van der Waals surface area contributed by atoms with Gasteiger partial charge in [0.05, 0.1) is 11.6 Å². The molecule has 0 unspecified atom stereocenters. The van der Waals surface area contributed by atoms with E-state index in [2.05, 4.69) is 15.9 Å². The third-order valence-electron chi connectivity index (χ3n) is 2.22. The van der Waals surface area contributed by atoms with Gasteiger partial charge in [0.1, 0.15) is 5.82 Å². The van der Waals surface area contributed by atoms with Gasteiger partial charge >= 0.3 is 0 Å². The predicted molar refractivity (Wildman–Crippen MR) is 76.9 cm³/mol. The SMILES string of the molecule is N#C/C(=C\c1cc(Br)cs1)c1ccc(Cl)cc1F. The smallest absolute Gasteiger partial charge is 0.133 e. The highest BCUT2D eigenvalue weighted by atomic mass is 79.9. The Balaban J connectivity index is 2.46. The highest BCUT2D eigenvalue weighted by Gasteiger charge is 2.08. The second-order valence-corrected chi connectivity index (χ2v) is 5.76. The van der Waals surface area contributed by atoms with Gasteiger partial charge in [-0.15, -0.1) is 11.3 Å². The van der Waals surface area contributed by atoms with E-state index in [1.165, 1.54) is 23.5 Å². The molecule has 2 aromatic rings. The Labute approximate surface area is 121 Å². The number of benzene rings is 1. The molecular formula is C13H6BrClFNS. The third kappa shape index (κ3) is 2.99. The maximum atomic E-state index is 13.7. The average molecular weight is 343 g/mol. The lowest BCUT2D eigenvalue weighted by Crippen LogP contribution is -1.87. The molecule has 5 heteroatoms. The van der Waals surface area contributed by atoms with Crippen LogP contribution in [0.3, 0.4) is 0 Å². The summed E-state index contributed by atoms with van der Waals surface area (Å²) >= 11 is 10.5. The van der Waals surface area contributed by atoms with Crippen molar-refractivity contribution in [1.29, 1.82) is 5.26 Å². The lowest BCUT2D eigenvalue weighted by molar-refractivity contribution is 0.624. The molecule has 0 radical (unpaired) electrons. The Morgan fingerprint density at radius 3 is 2.78 bits per heavy atom. The lowest BCUT2D eigenvalue weighted by Gasteiger charge is -2.01. The molecule has 0 saturated heterocycles. The summed E-state index contributed by atoms with van der Waals surface area (Å²) < 4.78 is 14.7. The first-order valence-electron chi connectivity index (χ1n) is 4.91. The topological polar surface area (TPSA) is 23.8 Å². The van der Waals surface area contributed by atoms with Crippen LogP contribution in [-0.2, 0) is 0 Å². The zero-order valence-electron chi connectivity index (χ0n) is 8.95. The lowest BCUT2D eigenvalue weighted by atomic mass is 10.1. The fraction of sp³-hybridized carbons (Fsp3) is 0. The molecular weight excluding hydrogens is 337 g/mol. The number of halogens is 3. The Bertz CT molecular complexity index is 657. The molecule has 1 aromatic heterocycles. The Hall–Kier alpha value is -1.15. The summed E-state index contributed by atoms with van der Waals surface area (Å²) in [5, 5.41) is 11.3. The minimum absolute atomic E-state index is 0.256. The van der Waals surface area contributed by atoms with Gasteiger partial charge < -0.3 is 0 Å². The van der Waals surface area contributed by atoms with Crippen molar-refractivity contribution in [3.8, 4) is 6.07 Å². The summed E-state index contributed by atoms with van der Waals surface area (Å²) in [6.07, 6.45) is 1.65. The van der Waals surface area contributed by atoms with Gasteiger partial charge in [-0.2, -0.15) is 5.26 Å². The molecule has 2 rings (SSSR count). The van der Waals surface area contributed by atoms with Crippen molar-refractivity contribution in [2.24, 2.45) is 0 Å². The van der Waals surface area contributed by atoms with Crippen LogP contribution in [0.4, 0.5) is 4.39 Å². The summed E-state index contributed by atoms with van der Waals surface area (Å²) in [5.41, 5.74) is 0.532. The van der Waals surface area contributed by atoms with Crippen LogP contribution in [-0.4, -0.2) is 0 Å². The van der Waals surface area contributed by atoms with Crippen molar-refractivity contribution in [3.05, 3.63) is 55.4 Å². The van der Waals surface area contributed by atoms with Gasteiger partial charge in [-0.25, -0.2) is 4.39 Å². The van der Waals surface area contributed by atoms with E-state index in [9.17, 15) is 4.39 Å². The van der Waals surface area contributed by atoms with Crippen molar-refractivity contribution in [2.45, 2.75) is 0 Å². The normalized spacial score (nSPS) is 11.3. The van der Waals surface area contributed by atoms with Crippen molar-refractivity contribution in [2.75, 3.05) is 0 Å². The molecule has 0 N–H and O–H groups in total. The van der Waals surface area contributed by atoms with Gasteiger partial charge in [-0.3, -0.25) is 0 Å². The largest absolute Gasteiger partial charge is 0.206 e. The number of thiophene rings is 1. The molecule has 0 saturated carbocycles. The van der Waals surface area contributed by atoms with Crippen LogP contribution in [0.15, 0.2) is 34.1 Å². The van der Waals surface area contributed by atoms with Gasteiger partial charge in [0.25, 0.3) is 0 Å². The fourth-order valence-electron chi connectivity index (χ4n) is 1.42. The molecule has 1 heterocycles. The zero-order valence-corrected chi connectivity index (χ0v) is 12.1. The highest BCUT2D eigenvalue weighted by Crippen LogP contribution is 2.27. The number of hydrogen-bond donors (Lipinski definition) is 0. The number of nitriles is 1. The summed E-state index contributed by atoms with van der Waals surface area (Å²) in [7, 11) is 0. The summed E-state index contributed by atoms with van der Waals surface area (Å²) in [6.45, 7) is 0. The Morgan fingerprint density at radius 2 is 2.22 bits per heavy atom. The molecule has 0 atom stereocenters. The first kappa shape index (κ1) is 13.3. The molecule has 0 aliphatic carbocycles. The summed E-state index contributed by atoms with van der Waals surface area (Å²) in [6, 6.07) is 8.15. The van der Waals surface area contributed by atoms with Crippen molar-refractivity contribution in [1.82, 2.24) is 0 Å². The van der Waals surface area contributed by atoms with Crippen LogP contribution >= 0.6 is 38.9 Å². The summed E-state index contributed by atoms with van der Waals surface area (Å²) in [4.78, 5) is 0.882. The van der Waals surface area contributed by atoms with Crippen LogP contribution in [0.5, 0.6) is 0 Å². The van der Waals surface area contributed by atoms with Crippen LogP contribution in [0.1, 0.15) is 10.4 Å². The molecule has 0 aliphatic heterocycles. The molecule has 0 aliphatic rings. The predicted octanol–water partition coefficient (Wildman–Crippen LogP) is 5.37. The molecule has 90 valence electrons. The maximum Gasteiger partial charge on any atom is 0.133 e. The van der Waals surface area contributed by atoms with Crippen LogP contribution in [0, 0.1) is 17.1 Å². The van der Waals surface area contributed by atoms with E-state index in [0.717, 1.165) is 9.35 Å². The molecule has 0 spiro atoms. The maximum absolute atomic E-state index is 13.7. The number of allylic oxidation sites excluding steroid dienone is 1. The minimum Gasteiger partial charge on any atom is -0.206 e. The van der Waals surface area contributed by atoms with Gasteiger partial charge in [-0.1, -0.05) is 11.6 Å². The zero-order chi connectivity index (χ0) is 13.1. The summed E-state index contributed by atoms with van der Waals surface area (Å²) in [5.74, 6) is -0.495. The highest BCUT2D eigenvalue weighted by molar-refractivity contribution is 9.10. The monoisotopic (exact) mass is 341 g/mol. The molecule has 0 amide bonds. The Kier molecular flexibility index (Phi) is 4.18. The van der Waals surface area contributed by atoms with E-state index in [1.54, 1.807) is 12.1 Å². The molecule has 18 heavy (non-hydrogen) atoms. The van der Waals surface area contributed by atoms with Crippen LogP contribution in [0.25, 0.3) is 11.6 Å². The van der Waals surface area contributed by atoms with E-state index in [4.69, 9.17) is 16.9 Å². The first-order valence-corrected chi connectivity index (χ1v) is 6.96. The molecule has 1 aromatic carbocycles. The van der Waals surface area contributed by atoms with Gasteiger partial charge in [0.15, 0.2) is 0 Å².